The molecule has 0 unspecified atom stereocenters. The van der Waals surface area contributed by atoms with Crippen molar-refractivity contribution in [2.24, 2.45) is 0 Å². The van der Waals surface area contributed by atoms with Crippen molar-refractivity contribution in [3.05, 3.63) is 58.1 Å². The largest absolute Gasteiger partial charge is 0.325 e. The van der Waals surface area contributed by atoms with Gasteiger partial charge in [-0.15, -0.1) is 0 Å². The number of nitro groups is 1. The van der Waals surface area contributed by atoms with Gasteiger partial charge in [0.05, 0.1) is 20.6 Å². The fraction of sp³-hybridized carbons (Fsp3) is 0.348. The van der Waals surface area contributed by atoms with Crippen molar-refractivity contribution in [3.63, 3.8) is 0 Å². The standard InChI is InChI=1S/C23H24N4O4S/c1-2-5-20(28)26-22-25-18-11-8-16(14-19(18)32-22)24-21(29)23(12-3-4-13-23)15-6-9-17(10-7-15)27(30)31/h6-11,14H,2-5,12-13H2,1H3,(H,24,29)(H,25,26,28). The number of carbonyl (C=O) groups is 2. The molecular formula is C23H24N4O4S. The van der Waals surface area contributed by atoms with Crippen LogP contribution in [0.2, 0.25) is 0 Å². The molecule has 166 valence electrons. The molecule has 2 N–H and O–H groups in total. The molecule has 0 saturated heterocycles. The lowest BCUT2D eigenvalue weighted by atomic mass is 9.78. The van der Waals surface area contributed by atoms with Crippen molar-refractivity contribution in [3.8, 4) is 0 Å². The summed E-state index contributed by atoms with van der Waals surface area (Å²) in [6.07, 6.45) is 4.48. The molecule has 4 rings (SSSR count). The van der Waals surface area contributed by atoms with Crippen LogP contribution in [0.5, 0.6) is 0 Å². The predicted molar refractivity (Wildman–Crippen MR) is 125 cm³/mol. The SMILES string of the molecule is CCCC(=O)Nc1nc2ccc(NC(=O)C3(c4ccc([N+](=O)[O-])cc4)CCCC3)cc2s1. The van der Waals surface area contributed by atoms with E-state index in [4.69, 9.17) is 0 Å². The van der Waals surface area contributed by atoms with Gasteiger partial charge in [0, 0.05) is 24.2 Å². The van der Waals surface area contributed by atoms with Gasteiger partial charge >= 0.3 is 0 Å². The molecule has 0 aliphatic heterocycles. The van der Waals surface area contributed by atoms with Gasteiger partial charge in [0.1, 0.15) is 0 Å². The second-order valence-corrected chi connectivity index (χ2v) is 9.08. The molecule has 0 bridgehead atoms. The van der Waals surface area contributed by atoms with E-state index < -0.39 is 10.3 Å². The molecule has 1 heterocycles. The number of fused-ring (bicyclic) bond motifs is 1. The van der Waals surface area contributed by atoms with E-state index >= 15 is 0 Å². The Kier molecular flexibility index (Phi) is 6.18. The lowest BCUT2D eigenvalue weighted by Gasteiger charge is -2.28. The van der Waals surface area contributed by atoms with Gasteiger partial charge in [-0.2, -0.15) is 0 Å². The zero-order valence-corrected chi connectivity index (χ0v) is 18.5. The highest BCUT2D eigenvalue weighted by atomic mass is 32.1. The third-order valence-corrected chi connectivity index (χ3v) is 6.83. The molecule has 8 nitrogen and oxygen atoms in total. The number of hydrogen-bond acceptors (Lipinski definition) is 6. The summed E-state index contributed by atoms with van der Waals surface area (Å²) in [5.41, 5.74) is 1.53. The fourth-order valence-electron chi connectivity index (χ4n) is 4.24. The summed E-state index contributed by atoms with van der Waals surface area (Å²) >= 11 is 1.37. The number of carbonyl (C=O) groups excluding carboxylic acids is 2. The van der Waals surface area contributed by atoms with E-state index in [1.54, 1.807) is 18.2 Å². The van der Waals surface area contributed by atoms with Gasteiger partial charge in [-0.1, -0.05) is 43.2 Å². The number of thiazole rings is 1. The van der Waals surface area contributed by atoms with Crippen LogP contribution in [-0.4, -0.2) is 21.7 Å². The Hall–Kier alpha value is -3.33. The summed E-state index contributed by atoms with van der Waals surface area (Å²) in [4.78, 5) is 40.2. The second-order valence-electron chi connectivity index (χ2n) is 8.05. The minimum Gasteiger partial charge on any atom is -0.325 e. The first-order valence-electron chi connectivity index (χ1n) is 10.7. The molecular weight excluding hydrogens is 428 g/mol. The highest BCUT2D eigenvalue weighted by Gasteiger charge is 2.42. The summed E-state index contributed by atoms with van der Waals surface area (Å²) in [7, 11) is 0. The molecule has 1 fully saturated rings. The average molecular weight is 453 g/mol. The molecule has 1 aliphatic carbocycles. The molecule has 1 aliphatic rings. The quantitative estimate of drug-likeness (QED) is 0.368. The Morgan fingerprint density at radius 3 is 2.50 bits per heavy atom. The van der Waals surface area contributed by atoms with Crippen molar-refractivity contribution in [1.29, 1.82) is 0 Å². The van der Waals surface area contributed by atoms with E-state index in [0.29, 0.717) is 30.1 Å². The zero-order chi connectivity index (χ0) is 22.7. The van der Waals surface area contributed by atoms with Crippen LogP contribution < -0.4 is 10.6 Å². The van der Waals surface area contributed by atoms with Gasteiger partial charge in [-0.25, -0.2) is 4.98 Å². The van der Waals surface area contributed by atoms with Gasteiger partial charge in [0.2, 0.25) is 11.8 Å². The second kappa shape index (κ2) is 9.04. The van der Waals surface area contributed by atoms with Gasteiger partial charge < -0.3 is 10.6 Å². The Morgan fingerprint density at radius 1 is 1.12 bits per heavy atom. The maximum absolute atomic E-state index is 13.4. The van der Waals surface area contributed by atoms with Crippen LogP contribution in [-0.2, 0) is 15.0 Å². The topological polar surface area (TPSA) is 114 Å². The molecule has 2 amide bonds. The number of nitrogens with zero attached hydrogens (tertiary/aromatic N) is 2. The van der Waals surface area contributed by atoms with E-state index in [-0.39, 0.29) is 17.5 Å². The summed E-state index contributed by atoms with van der Waals surface area (Å²) < 4.78 is 0.866. The smallest absolute Gasteiger partial charge is 0.269 e. The molecule has 1 aromatic heterocycles. The number of non-ortho nitro benzene ring substituents is 1. The van der Waals surface area contributed by atoms with Crippen molar-refractivity contribution >= 4 is 49.9 Å². The minimum absolute atomic E-state index is 0.0137. The van der Waals surface area contributed by atoms with Gasteiger partial charge in [0.25, 0.3) is 5.69 Å². The minimum atomic E-state index is -0.697. The number of benzene rings is 2. The Morgan fingerprint density at radius 2 is 1.84 bits per heavy atom. The highest BCUT2D eigenvalue weighted by molar-refractivity contribution is 7.22. The first kappa shape index (κ1) is 21.9. The van der Waals surface area contributed by atoms with Crippen molar-refractivity contribution < 1.29 is 14.5 Å². The van der Waals surface area contributed by atoms with Crippen LogP contribution in [0, 0.1) is 10.1 Å². The third kappa shape index (κ3) is 4.34. The Balaban J connectivity index is 1.55. The van der Waals surface area contributed by atoms with Gasteiger partial charge in [-0.05, 0) is 43.0 Å². The lowest BCUT2D eigenvalue weighted by Crippen LogP contribution is -2.37. The van der Waals surface area contributed by atoms with Crippen LogP contribution in [0.15, 0.2) is 42.5 Å². The monoisotopic (exact) mass is 452 g/mol. The molecule has 2 aromatic carbocycles. The van der Waals surface area contributed by atoms with E-state index in [1.807, 2.05) is 19.1 Å². The van der Waals surface area contributed by atoms with Crippen molar-refractivity contribution in [1.82, 2.24) is 4.98 Å². The molecule has 3 aromatic rings. The summed E-state index contributed by atoms with van der Waals surface area (Å²) in [6.45, 7) is 1.95. The maximum Gasteiger partial charge on any atom is 0.269 e. The Labute approximate surface area is 189 Å². The summed E-state index contributed by atoms with van der Waals surface area (Å²) in [6, 6.07) is 11.8. The first-order valence-corrected chi connectivity index (χ1v) is 11.5. The number of hydrogen-bond donors (Lipinski definition) is 2. The number of nitrogens with one attached hydrogen (secondary N) is 2. The first-order chi connectivity index (χ1) is 15.4. The molecule has 0 spiro atoms. The van der Waals surface area contributed by atoms with Crippen LogP contribution in [0.1, 0.15) is 51.0 Å². The zero-order valence-electron chi connectivity index (χ0n) is 17.7. The van der Waals surface area contributed by atoms with Crippen molar-refractivity contribution in [2.75, 3.05) is 10.6 Å². The number of nitro benzene ring substituents is 1. The van der Waals surface area contributed by atoms with Gasteiger partial charge in [-0.3, -0.25) is 19.7 Å². The number of aromatic nitrogens is 1. The third-order valence-electron chi connectivity index (χ3n) is 5.89. The van der Waals surface area contributed by atoms with E-state index in [9.17, 15) is 19.7 Å². The van der Waals surface area contributed by atoms with Crippen LogP contribution in [0.25, 0.3) is 10.2 Å². The predicted octanol–water partition coefficient (Wildman–Crippen LogP) is 5.39. The number of amides is 2. The van der Waals surface area contributed by atoms with Crippen LogP contribution in [0.3, 0.4) is 0 Å². The van der Waals surface area contributed by atoms with Crippen LogP contribution >= 0.6 is 11.3 Å². The Bertz CT molecular complexity index is 1170. The maximum atomic E-state index is 13.4. The molecule has 32 heavy (non-hydrogen) atoms. The highest BCUT2D eigenvalue weighted by Crippen LogP contribution is 2.42. The normalized spacial score (nSPS) is 14.9. The van der Waals surface area contributed by atoms with E-state index in [1.165, 1.54) is 23.5 Å². The number of rotatable bonds is 7. The molecule has 0 radical (unpaired) electrons. The average Bonchev–Trinajstić information content (AvgIpc) is 3.41. The van der Waals surface area contributed by atoms with E-state index in [0.717, 1.165) is 35.0 Å². The lowest BCUT2D eigenvalue weighted by molar-refractivity contribution is -0.384. The molecule has 9 heteroatoms. The summed E-state index contributed by atoms with van der Waals surface area (Å²) in [5, 5.41) is 17.4. The summed E-state index contributed by atoms with van der Waals surface area (Å²) in [5.74, 6) is -0.171. The molecule has 0 atom stereocenters. The number of anilines is 2. The fourth-order valence-corrected chi connectivity index (χ4v) is 5.16. The van der Waals surface area contributed by atoms with Crippen molar-refractivity contribution in [2.45, 2.75) is 50.9 Å². The van der Waals surface area contributed by atoms with E-state index in [2.05, 4.69) is 15.6 Å². The van der Waals surface area contributed by atoms with Gasteiger partial charge in [0.15, 0.2) is 5.13 Å². The molecule has 1 saturated carbocycles. The van der Waals surface area contributed by atoms with Crippen LogP contribution in [0.4, 0.5) is 16.5 Å².